The number of aryl methyl sites for hydroxylation is 2. The van der Waals surface area contributed by atoms with Gasteiger partial charge in [-0.25, -0.2) is 0 Å². The third-order valence-corrected chi connectivity index (χ3v) is 5.67. The maximum atomic E-state index is 12.6. The summed E-state index contributed by atoms with van der Waals surface area (Å²) in [5, 5.41) is 3.11. The molecule has 2 amide bonds. The average Bonchev–Trinajstić information content (AvgIpc) is 3.18. The Bertz CT molecular complexity index is 963. The van der Waals surface area contributed by atoms with Gasteiger partial charge in [0, 0.05) is 32.7 Å². The summed E-state index contributed by atoms with van der Waals surface area (Å²) >= 11 is 6.24. The van der Waals surface area contributed by atoms with Crippen molar-refractivity contribution < 1.29 is 19.1 Å². The van der Waals surface area contributed by atoms with Gasteiger partial charge >= 0.3 is 11.8 Å². The molecular formula is C22H24ClN3O4. The molecular weight excluding hydrogens is 406 g/mol. The number of hydrogen-bond acceptors (Lipinski definition) is 5. The summed E-state index contributed by atoms with van der Waals surface area (Å²) in [6.45, 7) is 7.18. The van der Waals surface area contributed by atoms with Crippen molar-refractivity contribution in [3.8, 4) is 11.5 Å². The molecule has 0 atom stereocenters. The molecule has 0 saturated carbocycles. The molecule has 2 heterocycles. The molecule has 0 spiro atoms. The van der Waals surface area contributed by atoms with E-state index in [0.717, 1.165) is 34.7 Å². The van der Waals surface area contributed by atoms with Crippen LogP contribution in [-0.4, -0.2) is 54.6 Å². The highest BCUT2D eigenvalue weighted by Crippen LogP contribution is 2.33. The largest absolute Gasteiger partial charge is 0.454 e. The van der Waals surface area contributed by atoms with Crippen molar-refractivity contribution in [1.82, 2.24) is 9.80 Å². The Balaban J connectivity index is 1.31. The predicted molar refractivity (Wildman–Crippen MR) is 114 cm³/mol. The number of anilines is 1. The van der Waals surface area contributed by atoms with Gasteiger partial charge in [-0.15, -0.1) is 0 Å². The zero-order valence-corrected chi connectivity index (χ0v) is 17.8. The molecule has 0 aromatic heterocycles. The van der Waals surface area contributed by atoms with Gasteiger partial charge < -0.3 is 19.7 Å². The number of piperazine rings is 1. The highest BCUT2D eigenvalue weighted by atomic mass is 35.5. The Hall–Kier alpha value is -2.77. The van der Waals surface area contributed by atoms with E-state index in [-0.39, 0.29) is 6.79 Å². The number of carbonyl (C=O) groups is 2. The Kier molecular flexibility index (Phi) is 5.83. The number of rotatable bonds is 3. The maximum absolute atomic E-state index is 12.6. The number of amides is 2. The van der Waals surface area contributed by atoms with Crippen LogP contribution in [0.25, 0.3) is 0 Å². The third-order valence-electron chi connectivity index (χ3n) is 5.37. The van der Waals surface area contributed by atoms with Crippen LogP contribution in [0.3, 0.4) is 0 Å². The first-order valence-electron chi connectivity index (χ1n) is 9.88. The van der Waals surface area contributed by atoms with E-state index in [0.29, 0.717) is 36.9 Å². The molecule has 1 saturated heterocycles. The van der Waals surface area contributed by atoms with Crippen LogP contribution >= 0.6 is 11.6 Å². The number of carbonyl (C=O) groups excluding carboxylic acids is 2. The molecule has 1 fully saturated rings. The number of fused-ring (bicyclic) bond motifs is 1. The minimum Gasteiger partial charge on any atom is -0.454 e. The van der Waals surface area contributed by atoms with Gasteiger partial charge in [0.15, 0.2) is 11.5 Å². The Labute approximate surface area is 180 Å². The molecule has 4 rings (SSSR count). The summed E-state index contributed by atoms with van der Waals surface area (Å²) in [6.07, 6.45) is 0. The summed E-state index contributed by atoms with van der Waals surface area (Å²) < 4.78 is 10.8. The van der Waals surface area contributed by atoms with E-state index < -0.39 is 11.8 Å². The van der Waals surface area contributed by atoms with Gasteiger partial charge in [0.2, 0.25) is 6.79 Å². The molecule has 2 aromatic rings. The topological polar surface area (TPSA) is 71.1 Å². The normalized spacial score (nSPS) is 15.9. The van der Waals surface area contributed by atoms with Crippen LogP contribution in [0, 0.1) is 13.8 Å². The van der Waals surface area contributed by atoms with Gasteiger partial charge in [-0.2, -0.15) is 0 Å². The van der Waals surface area contributed by atoms with Crippen molar-refractivity contribution in [1.29, 1.82) is 0 Å². The molecule has 2 aliphatic rings. The lowest BCUT2D eigenvalue weighted by Crippen LogP contribution is -2.51. The second kappa shape index (κ2) is 8.53. The van der Waals surface area contributed by atoms with E-state index in [4.69, 9.17) is 21.1 Å². The highest BCUT2D eigenvalue weighted by molar-refractivity contribution is 6.41. The van der Waals surface area contributed by atoms with Gasteiger partial charge in [-0.05, 0) is 48.7 Å². The fourth-order valence-electron chi connectivity index (χ4n) is 3.79. The maximum Gasteiger partial charge on any atom is 0.313 e. The average molecular weight is 430 g/mol. The summed E-state index contributed by atoms with van der Waals surface area (Å²) in [7, 11) is 0. The summed E-state index contributed by atoms with van der Waals surface area (Å²) in [6, 6.07) is 9.61. The molecule has 8 heteroatoms. The molecule has 0 unspecified atom stereocenters. The smallest absolute Gasteiger partial charge is 0.313 e. The first kappa shape index (κ1) is 20.5. The van der Waals surface area contributed by atoms with Crippen LogP contribution in [0.15, 0.2) is 30.3 Å². The lowest BCUT2D eigenvalue weighted by Gasteiger charge is -2.34. The highest BCUT2D eigenvalue weighted by Gasteiger charge is 2.27. The first-order chi connectivity index (χ1) is 14.4. The molecule has 1 N–H and O–H groups in total. The lowest BCUT2D eigenvalue weighted by molar-refractivity contribution is -0.144. The molecule has 0 bridgehead atoms. The monoisotopic (exact) mass is 429 g/mol. The molecule has 2 aromatic carbocycles. The van der Waals surface area contributed by atoms with E-state index in [2.05, 4.69) is 10.2 Å². The van der Waals surface area contributed by atoms with Crippen molar-refractivity contribution in [2.24, 2.45) is 0 Å². The van der Waals surface area contributed by atoms with Gasteiger partial charge in [-0.3, -0.25) is 14.5 Å². The third kappa shape index (κ3) is 4.37. The Morgan fingerprint density at radius 1 is 1.03 bits per heavy atom. The van der Waals surface area contributed by atoms with E-state index in [1.165, 1.54) is 0 Å². The lowest BCUT2D eigenvalue weighted by atomic mass is 10.1. The quantitative estimate of drug-likeness (QED) is 0.759. The van der Waals surface area contributed by atoms with E-state index >= 15 is 0 Å². The van der Waals surface area contributed by atoms with Crippen LogP contribution in [0.1, 0.15) is 16.7 Å². The number of hydrogen-bond donors (Lipinski definition) is 1. The number of nitrogens with one attached hydrogen (secondary N) is 1. The Morgan fingerprint density at radius 3 is 2.50 bits per heavy atom. The minimum atomic E-state index is -0.659. The summed E-state index contributed by atoms with van der Waals surface area (Å²) in [4.78, 5) is 28.9. The van der Waals surface area contributed by atoms with Crippen molar-refractivity contribution >= 4 is 29.1 Å². The van der Waals surface area contributed by atoms with Crippen LogP contribution in [0.5, 0.6) is 11.5 Å². The van der Waals surface area contributed by atoms with Crippen molar-refractivity contribution in [3.05, 3.63) is 52.0 Å². The van der Waals surface area contributed by atoms with Crippen LogP contribution in [0.2, 0.25) is 5.02 Å². The molecule has 0 aliphatic carbocycles. The summed E-state index contributed by atoms with van der Waals surface area (Å²) in [5.74, 6) is 0.342. The standard InChI is InChI=1S/C22H24ClN3O4/c1-14-9-15(2)20(17(23)10-14)24-21(27)22(28)26-7-5-25(6-8-26)12-16-3-4-18-19(11-16)30-13-29-18/h3-4,9-11H,5-8,12-13H2,1-2H3,(H,24,27). The summed E-state index contributed by atoms with van der Waals surface area (Å²) in [5.41, 5.74) is 3.44. The van der Waals surface area contributed by atoms with Crippen LogP contribution in [-0.2, 0) is 16.1 Å². The SMILES string of the molecule is Cc1cc(C)c(NC(=O)C(=O)N2CCN(Cc3ccc4c(c3)OCO4)CC2)c(Cl)c1. The minimum absolute atomic E-state index is 0.259. The second-order valence-corrected chi connectivity index (χ2v) is 8.06. The van der Waals surface area contributed by atoms with Gasteiger partial charge in [-0.1, -0.05) is 23.7 Å². The fraction of sp³-hybridized carbons (Fsp3) is 0.364. The van der Waals surface area contributed by atoms with Gasteiger partial charge in [0.25, 0.3) is 0 Å². The Morgan fingerprint density at radius 2 is 1.77 bits per heavy atom. The van der Waals surface area contributed by atoms with E-state index in [1.54, 1.807) is 11.0 Å². The van der Waals surface area contributed by atoms with Crippen molar-refractivity contribution in [3.63, 3.8) is 0 Å². The number of halogens is 1. The number of nitrogens with zero attached hydrogens (tertiary/aromatic N) is 2. The number of benzene rings is 2. The van der Waals surface area contributed by atoms with E-state index in [9.17, 15) is 9.59 Å². The number of ether oxygens (including phenoxy) is 2. The molecule has 30 heavy (non-hydrogen) atoms. The fourth-order valence-corrected chi connectivity index (χ4v) is 4.16. The molecule has 7 nitrogen and oxygen atoms in total. The van der Waals surface area contributed by atoms with Gasteiger partial charge in [0.1, 0.15) is 0 Å². The predicted octanol–water partition coefficient (Wildman–Crippen LogP) is 2.97. The molecule has 158 valence electrons. The zero-order chi connectivity index (χ0) is 21.3. The van der Waals surface area contributed by atoms with Crippen molar-refractivity contribution in [2.45, 2.75) is 20.4 Å². The second-order valence-electron chi connectivity index (χ2n) is 7.65. The zero-order valence-electron chi connectivity index (χ0n) is 17.0. The van der Waals surface area contributed by atoms with Gasteiger partial charge in [0.05, 0.1) is 10.7 Å². The van der Waals surface area contributed by atoms with E-state index in [1.807, 2.05) is 38.1 Å². The van der Waals surface area contributed by atoms with Crippen LogP contribution < -0.4 is 14.8 Å². The molecule has 0 radical (unpaired) electrons. The van der Waals surface area contributed by atoms with Crippen molar-refractivity contribution in [2.75, 3.05) is 38.3 Å². The van der Waals surface area contributed by atoms with Crippen LogP contribution in [0.4, 0.5) is 5.69 Å². The molecule has 2 aliphatic heterocycles. The first-order valence-corrected chi connectivity index (χ1v) is 10.3.